The van der Waals surface area contributed by atoms with Gasteiger partial charge in [-0.2, -0.15) is 0 Å². The van der Waals surface area contributed by atoms with Crippen molar-refractivity contribution in [1.82, 2.24) is 9.88 Å². The number of likely N-dealkylation sites (tertiary alicyclic amines) is 1. The van der Waals surface area contributed by atoms with Gasteiger partial charge < -0.3 is 9.64 Å². The van der Waals surface area contributed by atoms with E-state index in [1.165, 1.54) is 23.3 Å². The van der Waals surface area contributed by atoms with Crippen LogP contribution in [0.15, 0.2) is 24.3 Å². The second kappa shape index (κ2) is 7.12. The van der Waals surface area contributed by atoms with Crippen LogP contribution in [-0.4, -0.2) is 42.1 Å². The lowest BCUT2D eigenvalue weighted by Crippen LogP contribution is -2.37. The zero-order valence-corrected chi connectivity index (χ0v) is 16.4. The van der Waals surface area contributed by atoms with Gasteiger partial charge in [0.15, 0.2) is 0 Å². The van der Waals surface area contributed by atoms with Crippen molar-refractivity contribution in [2.45, 2.75) is 39.5 Å². The van der Waals surface area contributed by atoms with Crippen molar-refractivity contribution in [2.75, 3.05) is 26.3 Å². The Hall–Kier alpha value is -1.72. The number of thiazole rings is 1. The summed E-state index contributed by atoms with van der Waals surface area (Å²) in [6, 6.07) is 8.49. The van der Waals surface area contributed by atoms with E-state index in [2.05, 4.69) is 36.2 Å². The number of aromatic nitrogens is 1. The molecule has 1 unspecified atom stereocenters. The Labute approximate surface area is 159 Å². The number of carbonyl (C=O) groups excluding carboxylic acids is 1. The Kier molecular flexibility index (Phi) is 4.84. The number of rotatable bonds is 3. The third kappa shape index (κ3) is 3.30. The lowest BCUT2D eigenvalue weighted by molar-refractivity contribution is -0.00157. The second-order valence-electron chi connectivity index (χ2n) is 7.62. The first-order chi connectivity index (χ1) is 12.6. The number of ether oxygens (including phenoxy) is 1. The van der Waals surface area contributed by atoms with E-state index in [1.807, 2.05) is 11.8 Å². The summed E-state index contributed by atoms with van der Waals surface area (Å²) in [6.07, 6.45) is 4.37. The van der Waals surface area contributed by atoms with Gasteiger partial charge in [0.2, 0.25) is 0 Å². The summed E-state index contributed by atoms with van der Waals surface area (Å²) < 4.78 is 5.70. The van der Waals surface area contributed by atoms with Crippen molar-refractivity contribution in [3.8, 4) is 10.6 Å². The molecule has 0 aliphatic carbocycles. The summed E-state index contributed by atoms with van der Waals surface area (Å²) in [6.45, 7) is 7.42. The summed E-state index contributed by atoms with van der Waals surface area (Å²) in [5.74, 6) is 0.138. The first-order valence-corrected chi connectivity index (χ1v) is 10.4. The Morgan fingerprint density at radius 2 is 2.12 bits per heavy atom. The van der Waals surface area contributed by atoms with Gasteiger partial charge in [-0.25, -0.2) is 4.98 Å². The number of hydrogen-bond acceptors (Lipinski definition) is 4. The summed E-state index contributed by atoms with van der Waals surface area (Å²) in [7, 11) is 0. The average Bonchev–Trinajstić information content (AvgIpc) is 3.26. The maximum Gasteiger partial charge on any atom is 0.265 e. The Morgan fingerprint density at radius 3 is 2.81 bits per heavy atom. The van der Waals surface area contributed by atoms with Gasteiger partial charge >= 0.3 is 0 Å². The average molecular weight is 371 g/mol. The van der Waals surface area contributed by atoms with E-state index in [-0.39, 0.29) is 11.3 Å². The van der Waals surface area contributed by atoms with Gasteiger partial charge in [-0.15, -0.1) is 11.3 Å². The molecule has 4 nitrogen and oxygen atoms in total. The number of benzene rings is 1. The second-order valence-corrected chi connectivity index (χ2v) is 8.62. The van der Waals surface area contributed by atoms with Crippen molar-refractivity contribution in [1.29, 1.82) is 0 Å². The van der Waals surface area contributed by atoms with Crippen LogP contribution in [0.3, 0.4) is 0 Å². The molecule has 0 saturated carbocycles. The molecule has 2 aliphatic heterocycles. The minimum atomic E-state index is 0.138. The Balaban J connectivity index is 1.52. The molecule has 2 saturated heterocycles. The van der Waals surface area contributed by atoms with Crippen molar-refractivity contribution in [3.63, 3.8) is 0 Å². The highest BCUT2D eigenvalue weighted by molar-refractivity contribution is 7.17. The van der Waals surface area contributed by atoms with E-state index < -0.39 is 0 Å². The van der Waals surface area contributed by atoms with Crippen LogP contribution in [-0.2, 0) is 11.2 Å². The zero-order chi connectivity index (χ0) is 18.1. The van der Waals surface area contributed by atoms with Gasteiger partial charge in [0, 0.05) is 30.7 Å². The van der Waals surface area contributed by atoms with Crippen LogP contribution in [0.25, 0.3) is 10.6 Å². The van der Waals surface area contributed by atoms with Gasteiger partial charge in [0.05, 0.1) is 12.3 Å². The van der Waals surface area contributed by atoms with E-state index in [0.29, 0.717) is 0 Å². The van der Waals surface area contributed by atoms with E-state index in [0.717, 1.165) is 66.7 Å². The van der Waals surface area contributed by atoms with Gasteiger partial charge in [-0.05, 0) is 38.2 Å². The van der Waals surface area contributed by atoms with Crippen LogP contribution < -0.4 is 0 Å². The van der Waals surface area contributed by atoms with Crippen LogP contribution in [0, 0.1) is 12.3 Å². The van der Waals surface area contributed by atoms with Crippen LogP contribution >= 0.6 is 11.3 Å². The Morgan fingerprint density at radius 1 is 1.31 bits per heavy atom. The number of aryl methyl sites for hydroxylation is 2. The fraction of sp³-hybridized carbons (Fsp3) is 0.524. The fourth-order valence-corrected chi connectivity index (χ4v) is 5.12. The molecule has 1 atom stereocenters. The molecule has 0 bridgehead atoms. The smallest absolute Gasteiger partial charge is 0.265 e. The molecule has 138 valence electrons. The minimum Gasteiger partial charge on any atom is -0.381 e. The first kappa shape index (κ1) is 17.7. The van der Waals surface area contributed by atoms with Crippen molar-refractivity contribution < 1.29 is 9.53 Å². The quantitative estimate of drug-likeness (QED) is 0.808. The van der Waals surface area contributed by atoms with E-state index in [9.17, 15) is 4.79 Å². The van der Waals surface area contributed by atoms with Gasteiger partial charge in [0.1, 0.15) is 9.88 Å². The van der Waals surface area contributed by atoms with Crippen LogP contribution in [0.2, 0.25) is 0 Å². The molecule has 1 spiro atoms. The first-order valence-electron chi connectivity index (χ1n) is 9.54. The predicted octanol–water partition coefficient (Wildman–Crippen LogP) is 4.32. The topological polar surface area (TPSA) is 42.4 Å². The molecular formula is C21H26N2O2S. The van der Waals surface area contributed by atoms with Gasteiger partial charge in [0.25, 0.3) is 5.91 Å². The van der Waals surface area contributed by atoms with Crippen molar-refractivity contribution in [2.24, 2.45) is 5.41 Å². The molecule has 0 radical (unpaired) electrons. The summed E-state index contributed by atoms with van der Waals surface area (Å²) in [5.41, 5.74) is 3.43. The highest BCUT2D eigenvalue weighted by Crippen LogP contribution is 2.39. The van der Waals surface area contributed by atoms with Gasteiger partial charge in [-0.3, -0.25) is 4.79 Å². The third-order valence-electron chi connectivity index (χ3n) is 5.73. The molecule has 5 heteroatoms. The fourth-order valence-electron chi connectivity index (χ4n) is 4.09. The summed E-state index contributed by atoms with van der Waals surface area (Å²) >= 11 is 1.52. The van der Waals surface area contributed by atoms with Crippen molar-refractivity contribution in [3.05, 3.63) is 40.4 Å². The number of nitrogens with zero attached hydrogens (tertiary/aromatic N) is 2. The molecular weight excluding hydrogens is 344 g/mol. The number of amides is 1. The summed E-state index contributed by atoms with van der Waals surface area (Å²) in [5, 5.41) is 0.934. The lowest BCUT2D eigenvalue weighted by atomic mass is 9.82. The van der Waals surface area contributed by atoms with E-state index in [4.69, 9.17) is 4.74 Å². The molecule has 0 N–H and O–H groups in total. The lowest BCUT2D eigenvalue weighted by Gasteiger charge is -2.32. The summed E-state index contributed by atoms with van der Waals surface area (Å²) in [4.78, 5) is 20.6. The minimum absolute atomic E-state index is 0.138. The van der Waals surface area contributed by atoms with E-state index in [1.54, 1.807) is 0 Å². The highest BCUT2D eigenvalue weighted by atomic mass is 32.1. The maximum absolute atomic E-state index is 13.1. The number of carbonyl (C=O) groups is 1. The SMILES string of the molecule is CCc1ccc(-c2nc(C)c(C(=O)N3CCC4(CCCOC4)C3)s2)cc1. The molecule has 1 amide bonds. The maximum atomic E-state index is 13.1. The predicted molar refractivity (Wildman–Crippen MR) is 105 cm³/mol. The molecule has 1 aromatic carbocycles. The molecule has 3 heterocycles. The van der Waals surface area contributed by atoms with E-state index >= 15 is 0 Å². The molecule has 2 fully saturated rings. The standard InChI is InChI=1S/C21H26N2O2S/c1-3-16-5-7-17(8-6-16)19-22-15(2)18(26-19)20(24)23-11-10-21(13-23)9-4-12-25-14-21/h5-8H,3-4,9-14H2,1-2H3. The highest BCUT2D eigenvalue weighted by Gasteiger charge is 2.42. The van der Waals surface area contributed by atoms with Gasteiger partial charge in [-0.1, -0.05) is 31.2 Å². The molecule has 26 heavy (non-hydrogen) atoms. The van der Waals surface area contributed by atoms with Crippen LogP contribution in [0.5, 0.6) is 0 Å². The normalized spacial score (nSPS) is 22.9. The largest absolute Gasteiger partial charge is 0.381 e. The third-order valence-corrected chi connectivity index (χ3v) is 6.92. The Bertz CT molecular complexity index is 791. The monoisotopic (exact) mass is 370 g/mol. The zero-order valence-electron chi connectivity index (χ0n) is 15.6. The molecule has 2 aromatic rings. The van der Waals surface area contributed by atoms with Crippen LogP contribution in [0.4, 0.5) is 0 Å². The van der Waals surface area contributed by atoms with Crippen LogP contribution in [0.1, 0.15) is 47.1 Å². The number of hydrogen-bond donors (Lipinski definition) is 0. The molecule has 1 aromatic heterocycles. The molecule has 4 rings (SSSR count). The van der Waals surface area contributed by atoms with Crippen molar-refractivity contribution >= 4 is 17.2 Å². The molecule has 2 aliphatic rings.